The Morgan fingerprint density at radius 2 is 1.26 bits per heavy atom. The predicted molar refractivity (Wildman–Crippen MR) is 200 cm³/mol. The molecule has 9 rings (SSSR count). The van der Waals surface area contributed by atoms with Crippen molar-refractivity contribution in [2.75, 3.05) is 9.71 Å². The smallest absolute Gasteiger partial charge is 0.333 e. The van der Waals surface area contributed by atoms with Crippen molar-refractivity contribution in [1.82, 2.24) is 0 Å². The van der Waals surface area contributed by atoms with Gasteiger partial charge in [0, 0.05) is 44.0 Å². The van der Waals surface area contributed by atoms with Crippen molar-refractivity contribution in [3.8, 4) is 22.3 Å². The van der Waals surface area contributed by atoms with Gasteiger partial charge < -0.3 is 9.71 Å². The number of hydrogen-bond acceptors (Lipinski definition) is 3. The van der Waals surface area contributed by atoms with Gasteiger partial charge in [0.05, 0.1) is 5.69 Å². The maximum atomic E-state index is 2.57. The summed E-state index contributed by atoms with van der Waals surface area (Å²) in [7, 11) is 0. The molecule has 220 valence electrons. The van der Waals surface area contributed by atoms with Gasteiger partial charge >= 0.3 is 6.85 Å². The third-order valence-electron chi connectivity index (χ3n) is 9.71. The van der Waals surface area contributed by atoms with E-state index in [4.69, 9.17) is 0 Å². The lowest BCUT2D eigenvalue weighted by molar-refractivity contribution is 0.590. The van der Waals surface area contributed by atoms with Crippen LogP contribution >= 0.6 is 11.3 Å². The van der Waals surface area contributed by atoms with Gasteiger partial charge in [-0.2, -0.15) is 0 Å². The molecule has 2 nitrogen and oxygen atoms in total. The zero-order valence-electron chi connectivity index (χ0n) is 26.2. The lowest BCUT2D eigenvalue weighted by Crippen LogP contribution is -2.61. The van der Waals surface area contributed by atoms with E-state index in [0.29, 0.717) is 0 Å². The van der Waals surface area contributed by atoms with Crippen molar-refractivity contribution in [3.05, 3.63) is 150 Å². The highest BCUT2D eigenvalue weighted by Crippen LogP contribution is 2.49. The van der Waals surface area contributed by atoms with Crippen LogP contribution in [0.2, 0.25) is 0 Å². The highest BCUT2D eigenvalue weighted by atomic mass is 32.1. The van der Waals surface area contributed by atoms with Crippen LogP contribution in [0.1, 0.15) is 26.3 Å². The second kappa shape index (κ2) is 10.2. The second-order valence-corrected chi connectivity index (χ2v) is 14.3. The minimum Gasteiger partial charge on any atom is -0.376 e. The minimum atomic E-state index is 0.0269. The molecule has 3 heterocycles. The molecular formula is C42H33BN2S. The Balaban J connectivity index is 1.34. The van der Waals surface area contributed by atoms with Crippen molar-refractivity contribution in [3.63, 3.8) is 0 Å². The van der Waals surface area contributed by atoms with Crippen LogP contribution in [0, 0.1) is 0 Å². The third kappa shape index (κ3) is 4.03. The molecule has 0 spiro atoms. The number of benzene rings is 6. The van der Waals surface area contributed by atoms with E-state index in [1.807, 2.05) is 0 Å². The van der Waals surface area contributed by atoms with Crippen LogP contribution in [0.4, 0.5) is 28.4 Å². The number of para-hydroxylation sites is 2. The van der Waals surface area contributed by atoms with Crippen LogP contribution in [-0.4, -0.2) is 6.85 Å². The summed E-state index contributed by atoms with van der Waals surface area (Å²) in [5.74, 6) is 0. The number of anilines is 5. The van der Waals surface area contributed by atoms with Crippen LogP contribution < -0.4 is 20.6 Å². The summed E-state index contributed by atoms with van der Waals surface area (Å²) in [6, 6.07) is 51.9. The lowest BCUT2D eigenvalue weighted by Gasteiger charge is -2.46. The molecule has 7 aromatic rings. The number of nitrogens with zero attached hydrogens (tertiary/aromatic N) is 2. The summed E-state index contributed by atoms with van der Waals surface area (Å²) in [6.07, 6.45) is 0. The summed E-state index contributed by atoms with van der Waals surface area (Å²) < 4.78 is 1.31. The fourth-order valence-electron chi connectivity index (χ4n) is 7.59. The first-order valence-electron chi connectivity index (χ1n) is 16.1. The predicted octanol–water partition coefficient (Wildman–Crippen LogP) is 10.6. The summed E-state index contributed by atoms with van der Waals surface area (Å²) in [5, 5.41) is 3.51. The molecule has 6 aromatic carbocycles. The van der Waals surface area contributed by atoms with Crippen molar-refractivity contribution >= 4 is 67.6 Å². The number of fused-ring (bicyclic) bond motifs is 5. The van der Waals surface area contributed by atoms with E-state index < -0.39 is 0 Å². The number of rotatable bonds is 3. The molecule has 46 heavy (non-hydrogen) atoms. The van der Waals surface area contributed by atoms with Crippen LogP contribution in [0.25, 0.3) is 32.3 Å². The average molecular weight is 609 g/mol. The van der Waals surface area contributed by atoms with Crippen molar-refractivity contribution in [2.45, 2.75) is 26.2 Å². The van der Waals surface area contributed by atoms with E-state index in [9.17, 15) is 0 Å². The molecule has 0 unspecified atom stereocenters. The molecule has 2 aliphatic heterocycles. The molecule has 2 aliphatic rings. The van der Waals surface area contributed by atoms with Crippen LogP contribution in [0.3, 0.4) is 0 Å². The van der Waals surface area contributed by atoms with Gasteiger partial charge in [0.25, 0.3) is 0 Å². The Labute approximate surface area is 275 Å². The molecule has 0 amide bonds. The van der Waals surface area contributed by atoms with Crippen molar-refractivity contribution in [1.29, 1.82) is 0 Å². The Morgan fingerprint density at radius 3 is 2.07 bits per heavy atom. The van der Waals surface area contributed by atoms with E-state index in [0.717, 1.165) is 0 Å². The number of thiophene rings is 1. The van der Waals surface area contributed by atoms with Gasteiger partial charge in [-0.1, -0.05) is 112 Å². The van der Waals surface area contributed by atoms with Crippen LogP contribution in [0.15, 0.2) is 145 Å². The van der Waals surface area contributed by atoms with Crippen molar-refractivity contribution in [2.24, 2.45) is 0 Å². The minimum absolute atomic E-state index is 0.0269. The van der Waals surface area contributed by atoms with Gasteiger partial charge in [-0.05, 0) is 86.9 Å². The maximum absolute atomic E-state index is 2.57. The van der Waals surface area contributed by atoms with E-state index >= 15 is 0 Å². The summed E-state index contributed by atoms with van der Waals surface area (Å²) in [4.78, 5) is 5.10. The van der Waals surface area contributed by atoms with Gasteiger partial charge in [-0.3, -0.25) is 0 Å². The van der Waals surface area contributed by atoms with Gasteiger partial charge in [-0.15, -0.1) is 11.3 Å². The summed E-state index contributed by atoms with van der Waals surface area (Å²) >= 11 is 1.81. The topological polar surface area (TPSA) is 6.48 Å². The second-order valence-electron chi connectivity index (χ2n) is 13.4. The van der Waals surface area contributed by atoms with E-state index in [2.05, 4.69) is 175 Å². The Kier molecular flexibility index (Phi) is 6.07. The van der Waals surface area contributed by atoms with E-state index in [-0.39, 0.29) is 12.3 Å². The molecule has 0 saturated heterocycles. The van der Waals surface area contributed by atoms with E-state index in [1.54, 1.807) is 11.3 Å². The van der Waals surface area contributed by atoms with Gasteiger partial charge in [0.15, 0.2) is 0 Å². The highest BCUT2D eigenvalue weighted by molar-refractivity contribution is 7.17. The molecular weight excluding hydrogens is 575 g/mol. The van der Waals surface area contributed by atoms with E-state index in [1.165, 1.54) is 77.3 Å². The average Bonchev–Trinajstić information content (AvgIpc) is 3.57. The molecule has 0 N–H and O–H groups in total. The highest BCUT2D eigenvalue weighted by Gasteiger charge is 2.44. The molecule has 4 heteroatoms. The van der Waals surface area contributed by atoms with Gasteiger partial charge in [0.1, 0.15) is 0 Å². The van der Waals surface area contributed by atoms with Crippen LogP contribution in [-0.2, 0) is 5.41 Å². The van der Waals surface area contributed by atoms with Crippen molar-refractivity contribution < 1.29 is 0 Å². The summed E-state index contributed by atoms with van der Waals surface area (Å²) in [5.41, 5.74) is 15.3. The van der Waals surface area contributed by atoms with Crippen LogP contribution in [0.5, 0.6) is 0 Å². The maximum Gasteiger partial charge on any atom is 0.333 e. The van der Waals surface area contributed by atoms with Gasteiger partial charge in [-0.25, -0.2) is 0 Å². The first kappa shape index (κ1) is 27.3. The third-order valence-corrected chi connectivity index (χ3v) is 10.6. The molecule has 0 radical (unpaired) electrons. The Bertz CT molecular complexity index is 2260. The van der Waals surface area contributed by atoms with Gasteiger partial charge in [0.2, 0.25) is 0 Å². The normalized spacial score (nSPS) is 13.4. The first-order valence-corrected chi connectivity index (χ1v) is 16.9. The Hall–Kier alpha value is -5.06. The monoisotopic (exact) mass is 608 g/mol. The quantitative estimate of drug-likeness (QED) is 0.184. The fraction of sp³-hybridized carbons (Fsp3) is 0.0952. The molecule has 0 atom stereocenters. The molecule has 0 saturated carbocycles. The number of hydrogen-bond donors (Lipinski definition) is 0. The SMILES string of the molecule is CC(C)(C)c1ccc(N2B3c4ccccc4N(c4ccc5sccc5c4-c4ccccc4)c4cccc(c43)-c3ccccc32)cc1. The lowest BCUT2D eigenvalue weighted by atomic mass is 9.43. The fourth-order valence-corrected chi connectivity index (χ4v) is 8.39. The molecule has 0 aliphatic carbocycles. The molecule has 0 bridgehead atoms. The zero-order valence-corrected chi connectivity index (χ0v) is 27.1. The standard InChI is InChI=1S/C42H33BN2S/c1-42(2,3)29-20-22-30(23-21-29)45-35-17-9-7-14-31(35)32-15-11-19-38-41(32)43(45)34-16-8-10-18-36(34)44(38)37-24-25-39-33(26-27-46-39)40(37)28-12-5-4-6-13-28/h4-27H,1-3H3. The Morgan fingerprint density at radius 1 is 0.565 bits per heavy atom. The summed E-state index contributed by atoms with van der Waals surface area (Å²) in [6.45, 7) is 6.87. The largest absolute Gasteiger partial charge is 0.376 e. The molecule has 1 aromatic heterocycles. The zero-order chi connectivity index (χ0) is 31.0. The first-order chi connectivity index (χ1) is 22.5. The molecule has 0 fully saturated rings.